The minimum Gasteiger partial charge on any atom is -0.507 e. The summed E-state index contributed by atoms with van der Waals surface area (Å²) in [7, 11) is 0. The van der Waals surface area contributed by atoms with Crippen LogP contribution in [0.3, 0.4) is 0 Å². The Labute approximate surface area is 179 Å². The summed E-state index contributed by atoms with van der Waals surface area (Å²) in [6.07, 6.45) is 0. The smallest absolute Gasteiger partial charge is 0.295 e. The lowest BCUT2D eigenvalue weighted by Crippen LogP contribution is -2.28. The summed E-state index contributed by atoms with van der Waals surface area (Å²) >= 11 is 1.42. The number of thiophene rings is 1. The Balaban J connectivity index is 1.84. The Morgan fingerprint density at radius 2 is 1.77 bits per heavy atom. The number of Topliss-reactive ketones (excluding diaryl/α,β-unsaturated/α-hetero) is 1. The van der Waals surface area contributed by atoms with Crippen LogP contribution >= 0.6 is 11.3 Å². The molecule has 31 heavy (non-hydrogen) atoms. The second-order valence-corrected chi connectivity index (χ2v) is 7.89. The predicted molar refractivity (Wildman–Crippen MR) is 112 cm³/mol. The lowest BCUT2D eigenvalue weighted by molar-refractivity contribution is -0.384. The van der Waals surface area contributed by atoms with Crippen molar-refractivity contribution in [1.29, 1.82) is 0 Å². The zero-order valence-electron chi connectivity index (χ0n) is 15.9. The molecule has 0 bridgehead atoms. The van der Waals surface area contributed by atoms with E-state index in [4.69, 9.17) is 0 Å². The number of amides is 1. The maximum absolute atomic E-state index is 13.5. The number of non-ortho nitro benzene ring substituents is 1. The highest BCUT2D eigenvalue weighted by Crippen LogP contribution is 2.40. The van der Waals surface area contributed by atoms with Crippen molar-refractivity contribution in [3.05, 3.63) is 104 Å². The number of ketones is 1. The molecule has 0 radical (unpaired) electrons. The molecular formula is C22H15FN2O5S. The minimum absolute atomic E-state index is 0.140. The van der Waals surface area contributed by atoms with E-state index < -0.39 is 34.2 Å². The highest BCUT2D eigenvalue weighted by Gasteiger charge is 2.46. The molecule has 0 aliphatic carbocycles. The molecule has 0 saturated carbocycles. The Bertz CT molecular complexity index is 1190. The molecule has 2 heterocycles. The molecule has 1 aliphatic rings. The number of halogens is 1. The van der Waals surface area contributed by atoms with Gasteiger partial charge in [-0.2, -0.15) is 0 Å². The molecule has 1 amide bonds. The molecule has 7 nitrogen and oxygen atoms in total. The van der Waals surface area contributed by atoms with Crippen LogP contribution in [0.5, 0.6) is 0 Å². The van der Waals surface area contributed by atoms with Crippen molar-refractivity contribution in [2.24, 2.45) is 0 Å². The summed E-state index contributed by atoms with van der Waals surface area (Å²) in [5, 5.41) is 23.6. The van der Waals surface area contributed by atoms with E-state index in [0.717, 1.165) is 4.88 Å². The number of aliphatic hydroxyl groups is 1. The fourth-order valence-corrected chi connectivity index (χ4v) is 4.20. The van der Waals surface area contributed by atoms with E-state index in [-0.39, 0.29) is 23.4 Å². The number of nitro benzene ring substituents is 1. The van der Waals surface area contributed by atoms with Gasteiger partial charge in [0, 0.05) is 22.6 Å². The summed E-state index contributed by atoms with van der Waals surface area (Å²) < 4.78 is 13.5. The third kappa shape index (κ3) is 3.82. The number of nitro groups is 1. The van der Waals surface area contributed by atoms with Crippen molar-refractivity contribution in [3.8, 4) is 0 Å². The van der Waals surface area contributed by atoms with Gasteiger partial charge in [0.2, 0.25) is 0 Å². The van der Waals surface area contributed by atoms with Crippen molar-refractivity contribution < 1.29 is 24.0 Å². The summed E-state index contributed by atoms with van der Waals surface area (Å²) in [6, 6.07) is 13.1. The standard InChI is InChI=1S/C22H15FN2O5S/c23-15-7-3-13(4-8-15)19-18(20(26)14-5-9-16(10-6-14)25(29)30)21(27)22(28)24(19)12-17-2-1-11-31-17/h1-11,19,26H,12H2/b20-18-. The normalized spacial score (nSPS) is 17.8. The molecule has 1 saturated heterocycles. The first-order valence-electron chi connectivity index (χ1n) is 9.18. The molecule has 3 aromatic rings. The number of hydrogen-bond donors (Lipinski definition) is 1. The highest BCUT2D eigenvalue weighted by atomic mass is 32.1. The molecular weight excluding hydrogens is 423 g/mol. The van der Waals surface area contributed by atoms with Gasteiger partial charge in [0.15, 0.2) is 0 Å². The predicted octanol–water partition coefficient (Wildman–Crippen LogP) is 4.42. The van der Waals surface area contributed by atoms with Crippen LogP contribution in [0.25, 0.3) is 5.76 Å². The Morgan fingerprint density at radius 3 is 2.35 bits per heavy atom. The van der Waals surface area contributed by atoms with Crippen LogP contribution in [-0.4, -0.2) is 26.6 Å². The van der Waals surface area contributed by atoms with Gasteiger partial charge in [0.1, 0.15) is 11.6 Å². The summed E-state index contributed by atoms with van der Waals surface area (Å²) in [4.78, 5) is 38.2. The molecule has 1 aliphatic heterocycles. The van der Waals surface area contributed by atoms with Gasteiger partial charge in [-0.1, -0.05) is 18.2 Å². The summed E-state index contributed by atoms with van der Waals surface area (Å²) in [6.45, 7) is 0.140. The molecule has 9 heteroatoms. The van der Waals surface area contributed by atoms with Gasteiger partial charge in [-0.3, -0.25) is 19.7 Å². The molecule has 2 aromatic carbocycles. The van der Waals surface area contributed by atoms with E-state index in [0.29, 0.717) is 5.56 Å². The number of aliphatic hydroxyl groups excluding tert-OH is 1. The molecule has 156 valence electrons. The third-order valence-electron chi connectivity index (χ3n) is 4.98. The molecule has 1 atom stereocenters. The van der Waals surface area contributed by atoms with Crippen LogP contribution in [-0.2, 0) is 16.1 Å². The van der Waals surface area contributed by atoms with Crippen molar-refractivity contribution in [3.63, 3.8) is 0 Å². The van der Waals surface area contributed by atoms with E-state index >= 15 is 0 Å². The lowest BCUT2D eigenvalue weighted by Gasteiger charge is -2.25. The van der Waals surface area contributed by atoms with Gasteiger partial charge >= 0.3 is 0 Å². The maximum Gasteiger partial charge on any atom is 0.295 e. The van der Waals surface area contributed by atoms with Gasteiger partial charge in [-0.05, 0) is 41.3 Å². The average molecular weight is 438 g/mol. The highest BCUT2D eigenvalue weighted by molar-refractivity contribution is 7.09. The number of carbonyl (C=O) groups excluding carboxylic acids is 2. The number of nitrogens with zero attached hydrogens (tertiary/aromatic N) is 2. The van der Waals surface area contributed by atoms with E-state index in [1.54, 1.807) is 0 Å². The fraction of sp³-hybridized carbons (Fsp3) is 0.0909. The molecule has 4 rings (SSSR count). The largest absolute Gasteiger partial charge is 0.507 e. The maximum atomic E-state index is 13.5. The number of hydrogen-bond acceptors (Lipinski definition) is 6. The number of likely N-dealkylation sites (tertiary alicyclic amines) is 1. The summed E-state index contributed by atoms with van der Waals surface area (Å²) in [5.41, 5.74) is 0.291. The van der Waals surface area contributed by atoms with Gasteiger partial charge in [0.25, 0.3) is 17.4 Å². The first-order valence-corrected chi connectivity index (χ1v) is 10.1. The van der Waals surface area contributed by atoms with Crippen molar-refractivity contribution in [2.75, 3.05) is 0 Å². The fourth-order valence-electron chi connectivity index (χ4n) is 3.50. The Kier molecular flexibility index (Phi) is 5.35. The molecule has 1 aromatic heterocycles. The average Bonchev–Trinajstić information content (AvgIpc) is 3.36. The zero-order valence-corrected chi connectivity index (χ0v) is 16.7. The van der Waals surface area contributed by atoms with E-state index in [9.17, 15) is 29.2 Å². The number of carbonyl (C=O) groups is 2. The first kappa shape index (κ1) is 20.4. The molecule has 1 fully saturated rings. The second kappa shape index (κ2) is 8.11. The van der Waals surface area contributed by atoms with Crippen LogP contribution in [0.1, 0.15) is 22.0 Å². The van der Waals surface area contributed by atoms with Gasteiger partial charge < -0.3 is 10.0 Å². The van der Waals surface area contributed by atoms with Gasteiger partial charge in [-0.15, -0.1) is 11.3 Å². The Hall–Kier alpha value is -3.85. The van der Waals surface area contributed by atoms with Gasteiger partial charge in [0.05, 0.1) is 23.1 Å². The van der Waals surface area contributed by atoms with Crippen LogP contribution in [0.4, 0.5) is 10.1 Å². The van der Waals surface area contributed by atoms with Crippen LogP contribution in [0.2, 0.25) is 0 Å². The molecule has 1 N–H and O–H groups in total. The zero-order chi connectivity index (χ0) is 22.1. The Morgan fingerprint density at radius 1 is 1.10 bits per heavy atom. The molecule has 1 unspecified atom stereocenters. The minimum atomic E-state index is -0.933. The quantitative estimate of drug-likeness (QED) is 0.209. The topological polar surface area (TPSA) is 101 Å². The van der Waals surface area contributed by atoms with E-state index in [1.165, 1.54) is 64.8 Å². The second-order valence-electron chi connectivity index (χ2n) is 6.86. The van der Waals surface area contributed by atoms with E-state index in [2.05, 4.69) is 0 Å². The number of rotatable bonds is 5. The van der Waals surface area contributed by atoms with Crippen molar-refractivity contribution in [2.45, 2.75) is 12.6 Å². The van der Waals surface area contributed by atoms with Crippen LogP contribution in [0, 0.1) is 15.9 Å². The van der Waals surface area contributed by atoms with Crippen LogP contribution < -0.4 is 0 Å². The number of benzene rings is 2. The van der Waals surface area contributed by atoms with Crippen molar-refractivity contribution >= 4 is 34.5 Å². The third-order valence-corrected chi connectivity index (χ3v) is 5.84. The van der Waals surface area contributed by atoms with Crippen LogP contribution in [0.15, 0.2) is 71.6 Å². The summed E-state index contributed by atoms with van der Waals surface area (Å²) in [5.74, 6) is -2.58. The lowest BCUT2D eigenvalue weighted by atomic mass is 9.95. The van der Waals surface area contributed by atoms with Gasteiger partial charge in [-0.25, -0.2) is 4.39 Å². The van der Waals surface area contributed by atoms with E-state index in [1.807, 2.05) is 17.5 Å². The first-order chi connectivity index (χ1) is 14.9. The van der Waals surface area contributed by atoms with Crippen molar-refractivity contribution in [1.82, 2.24) is 4.90 Å². The SMILES string of the molecule is O=C1C(=O)N(Cc2cccs2)C(c2ccc(F)cc2)/C1=C(/O)c1ccc([N+](=O)[O-])cc1. The molecule has 0 spiro atoms. The monoisotopic (exact) mass is 438 g/mol.